The predicted molar refractivity (Wildman–Crippen MR) is 49.5 cm³/mol. The van der Waals surface area contributed by atoms with E-state index in [0.717, 1.165) is 26.2 Å². The molecule has 1 amide bonds. The fourth-order valence-electron chi connectivity index (χ4n) is 1.58. The van der Waals surface area contributed by atoms with Crippen LogP contribution in [0.4, 0.5) is 4.79 Å². The highest BCUT2D eigenvalue weighted by Gasteiger charge is 2.25. The molecule has 4 heteroatoms. The van der Waals surface area contributed by atoms with Crippen LogP contribution in [0.3, 0.4) is 0 Å². The average molecular weight is 191 g/mol. The van der Waals surface area contributed by atoms with Gasteiger partial charge in [-0.15, -0.1) is 0 Å². The number of nitrogens with zero attached hydrogens (tertiary/aromatic N) is 2. The second-order valence-corrected chi connectivity index (χ2v) is 3.51. The number of carbonyl (C=O) groups is 1. The van der Waals surface area contributed by atoms with Crippen molar-refractivity contribution in [3.63, 3.8) is 0 Å². The first-order valence-corrected chi connectivity index (χ1v) is 4.71. The first kappa shape index (κ1) is 9.81. The van der Waals surface area contributed by atoms with Gasteiger partial charge in [0.15, 0.2) is 0 Å². The van der Waals surface area contributed by atoms with Gasteiger partial charge in [-0.25, -0.2) is 0 Å². The molecule has 0 radical (unpaired) electrons. The van der Waals surface area contributed by atoms with Crippen LogP contribution in [-0.2, 0) is 0 Å². The molecule has 1 atom stereocenters. The van der Waals surface area contributed by atoms with E-state index in [1.807, 2.05) is 6.92 Å². The molecule has 0 bridgehead atoms. The molecule has 0 N–H and O–H groups in total. The molecule has 0 aromatic heterocycles. The van der Waals surface area contributed by atoms with Crippen molar-refractivity contribution in [2.45, 2.75) is 19.9 Å². The largest absolute Gasteiger partial charge is 0.324 e. The second-order valence-electron chi connectivity index (χ2n) is 3.19. The van der Waals surface area contributed by atoms with E-state index in [4.69, 9.17) is 11.6 Å². The lowest BCUT2D eigenvalue weighted by Crippen LogP contribution is -2.52. The lowest BCUT2D eigenvalue weighted by molar-refractivity contribution is 0.117. The van der Waals surface area contributed by atoms with Gasteiger partial charge in [-0.2, -0.15) is 0 Å². The minimum atomic E-state index is -0.321. The van der Waals surface area contributed by atoms with Gasteiger partial charge in [-0.3, -0.25) is 9.69 Å². The van der Waals surface area contributed by atoms with Gasteiger partial charge in [-0.1, -0.05) is 6.92 Å². The predicted octanol–water partition coefficient (Wildman–Crippen LogP) is 1.37. The lowest BCUT2D eigenvalue weighted by atomic mass is 10.2. The van der Waals surface area contributed by atoms with Crippen molar-refractivity contribution in [3.8, 4) is 0 Å². The zero-order chi connectivity index (χ0) is 9.14. The highest BCUT2D eigenvalue weighted by molar-refractivity contribution is 6.62. The summed E-state index contributed by atoms with van der Waals surface area (Å²) in [4.78, 5) is 14.9. The van der Waals surface area contributed by atoms with Crippen LogP contribution in [-0.4, -0.2) is 47.4 Å². The number of hydrogen-bond donors (Lipinski definition) is 0. The van der Waals surface area contributed by atoms with Crippen LogP contribution in [0.1, 0.15) is 13.8 Å². The molecule has 0 spiro atoms. The maximum atomic E-state index is 10.9. The smallest absolute Gasteiger partial charge is 0.316 e. The van der Waals surface area contributed by atoms with E-state index in [0.29, 0.717) is 0 Å². The highest BCUT2D eigenvalue weighted by Crippen LogP contribution is 2.11. The summed E-state index contributed by atoms with van der Waals surface area (Å²) in [5.74, 6) is 0. The van der Waals surface area contributed by atoms with Crippen LogP contribution >= 0.6 is 11.6 Å². The third kappa shape index (κ3) is 2.11. The normalized spacial score (nSPS) is 25.9. The van der Waals surface area contributed by atoms with E-state index in [-0.39, 0.29) is 11.4 Å². The van der Waals surface area contributed by atoms with Gasteiger partial charge in [-0.05, 0) is 25.1 Å². The summed E-state index contributed by atoms with van der Waals surface area (Å²) < 4.78 is 0. The van der Waals surface area contributed by atoms with Crippen molar-refractivity contribution in [3.05, 3.63) is 0 Å². The summed E-state index contributed by atoms with van der Waals surface area (Å²) in [6, 6.07) is 0.253. The Morgan fingerprint density at radius 2 is 2.25 bits per heavy atom. The molecule has 0 aromatic carbocycles. The molecule has 1 aliphatic rings. The van der Waals surface area contributed by atoms with Gasteiger partial charge in [0.1, 0.15) is 0 Å². The Kier molecular flexibility index (Phi) is 3.35. The Labute approximate surface area is 78.3 Å². The fraction of sp³-hybridized carbons (Fsp3) is 0.875. The van der Waals surface area contributed by atoms with Crippen LogP contribution in [0.2, 0.25) is 0 Å². The minimum Gasteiger partial charge on any atom is -0.324 e. The van der Waals surface area contributed by atoms with E-state index in [9.17, 15) is 4.79 Å². The SMILES string of the molecule is CCN1CCN(C(=O)Cl)[C@@H](C)C1. The van der Waals surface area contributed by atoms with Crippen molar-refractivity contribution in [2.75, 3.05) is 26.2 Å². The molecule has 0 saturated carbocycles. The molecule has 0 aliphatic carbocycles. The van der Waals surface area contributed by atoms with E-state index < -0.39 is 0 Å². The third-order valence-corrected chi connectivity index (χ3v) is 2.60. The van der Waals surface area contributed by atoms with Crippen molar-refractivity contribution in [1.29, 1.82) is 0 Å². The molecule has 70 valence electrons. The lowest BCUT2D eigenvalue weighted by Gasteiger charge is -2.38. The number of hydrogen-bond acceptors (Lipinski definition) is 2. The highest BCUT2D eigenvalue weighted by atomic mass is 35.5. The first-order chi connectivity index (χ1) is 5.65. The van der Waals surface area contributed by atoms with E-state index in [1.165, 1.54) is 0 Å². The molecule has 1 heterocycles. The summed E-state index contributed by atoms with van der Waals surface area (Å²) in [6.07, 6.45) is 0. The van der Waals surface area contributed by atoms with Gasteiger partial charge in [0.2, 0.25) is 0 Å². The monoisotopic (exact) mass is 190 g/mol. The molecule has 1 fully saturated rings. The zero-order valence-corrected chi connectivity index (χ0v) is 8.34. The molecule has 1 aliphatic heterocycles. The number of rotatable bonds is 1. The fourth-order valence-corrected chi connectivity index (χ4v) is 1.83. The van der Waals surface area contributed by atoms with Gasteiger partial charge in [0.05, 0.1) is 0 Å². The maximum Gasteiger partial charge on any atom is 0.316 e. The van der Waals surface area contributed by atoms with Crippen molar-refractivity contribution in [2.24, 2.45) is 0 Å². The Morgan fingerprint density at radius 3 is 2.67 bits per heavy atom. The minimum absolute atomic E-state index is 0.253. The van der Waals surface area contributed by atoms with Crippen molar-refractivity contribution >= 4 is 17.0 Å². The molecule has 3 nitrogen and oxygen atoms in total. The number of carbonyl (C=O) groups excluding carboxylic acids is 1. The van der Waals surface area contributed by atoms with Gasteiger partial charge in [0, 0.05) is 25.7 Å². The first-order valence-electron chi connectivity index (χ1n) is 4.33. The van der Waals surface area contributed by atoms with E-state index in [1.54, 1.807) is 4.90 Å². The number of amides is 1. The Balaban J connectivity index is 2.47. The van der Waals surface area contributed by atoms with Crippen LogP contribution in [0.25, 0.3) is 0 Å². The summed E-state index contributed by atoms with van der Waals surface area (Å²) in [6.45, 7) is 7.85. The van der Waals surface area contributed by atoms with E-state index >= 15 is 0 Å². The molecule has 1 rings (SSSR count). The van der Waals surface area contributed by atoms with Crippen LogP contribution in [0.15, 0.2) is 0 Å². The molecule has 12 heavy (non-hydrogen) atoms. The van der Waals surface area contributed by atoms with Crippen LogP contribution < -0.4 is 0 Å². The standard InChI is InChI=1S/C8H15ClN2O/c1-3-10-4-5-11(8(9)12)7(2)6-10/h7H,3-6H2,1-2H3/t7-/m0/s1. The summed E-state index contributed by atoms with van der Waals surface area (Å²) in [5, 5.41) is -0.321. The zero-order valence-electron chi connectivity index (χ0n) is 7.59. The number of halogens is 1. The Bertz CT molecular complexity index is 174. The van der Waals surface area contributed by atoms with Crippen molar-refractivity contribution in [1.82, 2.24) is 9.80 Å². The van der Waals surface area contributed by atoms with Crippen LogP contribution in [0.5, 0.6) is 0 Å². The topological polar surface area (TPSA) is 23.6 Å². The Hall–Kier alpha value is -0.280. The molecule has 1 saturated heterocycles. The summed E-state index contributed by atoms with van der Waals surface area (Å²) in [7, 11) is 0. The second kappa shape index (κ2) is 4.10. The van der Waals surface area contributed by atoms with Gasteiger partial charge >= 0.3 is 5.37 Å². The van der Waals surface area contributed by atoms with Crippen molar-refractivity contribution < 1.29 is 4.79 Å². The summed E-state index contributed by atoms with van der Waals surface area (Å²) >= 11 is 5.41. The number of likely N-dealkylation sites (N-methyl/N-ethyl adjacent to an activating group) is 1. The summed E-state index contributed by atoms with van der Waals surface area (Å²) in [5.41, 5.74) is 0. The van der Waals surface area contributed by atoms with E-state index in [2.05, 4.69) is 11.8 Å². The molecule has 0 unspecified atom stereocenters. The molecular weight excluding hydrogens is 176 g/mol. The van der Waals surface area contributed by atoms with Crippen LogP contribution in [0, 0.1) is 0 Å². The number of piperazine rings is 1. The molecular formula is C8H15ClN2O. The third-order valence-electron chi connectivity index (χ3n) is 2.38. The average Bonchev–Trinajstić information content (AvgIpc) is 2.03. The molecule has 0 aromatic rings. The van der Waals surface area contributed by atoms with Gasteiger partial charge in [0.25, 0.3) is 0 Å². The quantitative estimate of drug-likeness (QED) is 0.461. The maximum absolute atomic E-state index is 10.9. The Morgan fingerprint density at radius 1 is 1.58 bits per heavy atom. The van der Waals surface area contributed by atoms with Gasteiger partial charge < -0.3 is 4.90 Å².